The Kier molecular flexibility index (Phi) is 7.26. The number of nitrogens with zero attached hydrogens (tertiary/aromatic N) is 1. The van der Waals surface area contributed by atoms with E-state index in [9.17, 15) is 4.39 Å². The standard InChI is InChI=1S/C17H27FN2S/c1-5-14(6-2)20(10-12(3)4)11-13-8-7-9-15(16(13)18)17(19)21/h7-9,12,14H,5-6,10-11H2,1-4H3,(H2,19,21). The van der Waals surface area contributed by atoms with Crippen molar-refractivity contribution >= 4 is 17.2 Å². The minimum absolute atomic E-state index is 0.118. The van der Waals surface area contributed by atoms with Crippen molar-refractivity contribution < 1.29 is 4.39 Å². The number of thiocarbonyl (C=S) groups is 1. The molecule has 0 atom stereocenters. The second kappa shape index (κ2) is 8.44. The highest BCUT2D eigenvalue weighted by Crippen LogP contribution is 2.19. The second-order valence-corrected chi connectivity index (χ2v) is 6.38. The van der Waals surface area contributed by atoms with E-state index in [1.807, 2.05) is 12.1 Å². The third-order valence-electron chi connectivity index (χ3n) is 3.78. The molecule has 2 nitrogen and oxygen atoms in total. The third kappa shape index (κ3) is 5.04. The molecule has 0 aliphatic rings. The fourth-order valence-corrected chi connectivity index (χ4v) is 2.89. The Bertz CT molecular complexity index is 470. The number of nitrogens with two attached hydrogens (primary N) is 1. The van der Waals surface area contributed by atoms with Gasteiger partial charge in [-0.3, -0.25) is 4.90 Å². The maximum absolute atomic E-state index is 14.5. The van der Waals surface area contributed by atoms with E-state index in [0.29, 0.717) is 29.6 Å². The van der Waals surface area contributed by atoms with Crippen molar-refractivity contribution in [2.45, 2.75) is 53.1 Å². The van der Waals surface area contributed by atoms with Gasteiger partial charge in [0, 0.05) is 30.3 Å². The van der Waals surface area contributed by atoms with Gasteiger partial charge in [-0.25, -0.2) is 4.39 Å². The first-order valence-electron chi connectivity index (χ1n) is 7.71. The van der Waals surface area contributed by atoms with E-state index < -0.39 is 0 Å². The zero-order chi connectivity index (χ0) is 16.0. The topological polar surface area (TPSA) is 29.3 Å². The fraction of sp³-hybridized carbons (Fsp3) is 0.588. The molecular weight excluding hydrogens is 283 g/mol. The number of hydrogen-bond acceptors (Lipinski definition) is 2. The summed E-state index contributed by atoms with van der Waals surface area (Å²) in [5.74, 6) is 0.275. The number of hydrogen-bond donors (Lipinski definition) is 1. The van der Waals surface area contributed by atoms with Crippen molar-refractivity contribution in [3.63, 3.8) is 0 Å². The fourth-order valence-electron chi connectivity index (χ4n) is 2.73. The Morgan fingerprint density at radius 2 is 1.90 bits per heavy atom. The van der Waals surface area contributed by atoms with E-state index in [4.69, 9.17) is 18.0 Å². The summed E-state index contributed by atoms with van der Waals surface area (Å²) in [6, 6.07) is 5.77. The van der Waals surface area contributed by atoms with E-state index >= 15 is 0 Å². The molecule has 0 saturated heterocycles. The lowest BCUT2D eigenvalue weighted by molar-refractivity contribution is 0.155. The molecule has 0 aliphatic carbocycles. The molecule has 0 aliphatic heterocycles. The van der Waals surface area contributed by atoms with Gasteiger partial charge in [-0.05, 0) is 24.8 Å². The highest BCUT2D eigenvalue weighted by Gasteiger charge is 2.19. The maximum Gasteiger partial charge on any atom is 0.137 e. The summed E-state index contributed by atoms with van der Waals surface area (Å²) in [7, 11) is 0. The molecule has 4 heteroatoms. The molecule has 0 bridgehead atoms. The summed E-state index contributed by atoms with van der Waals surface area (Å²) >= 11 is 4.91. The van der Waals surface area contributed by atoms with Crippen molar-refractivity contribution in [3.8, 4) is 0 Å². The Morgan fingerprint density at radius 3 is 2.38 bits per heavy atom. The average molecular weight is 310 g/mol. The van der Waals surface area contributed by atoms with Crippen molar-refractivity contribution in [1.82, 2.24) is 4.90 Å². The molecule has 0 radical (unpaired) electrons. The van der Waals surface area contributed by atoms with Gasteiger partial charge in [0.15, 0.2) is 0 Å². The molecule has 0 spiro atoms. The molecule has 0 heterocycles. The smallest absolute Gasteiger partial charge is 0.137 e. The molecule has 1 rings (SSSR count). The van der Waals surface area contributed by atoms with Crippen LogP contribution in [0.5, 0.6) is 0 Å². The molecule has 1 aromatic rings. The van der Waals surface area contributed by atoms with Gasteiger partial charge in [-0.2, -0.15) is 0 Å². The van der Waals surface area contributed by atoms with Crippen LogP contribution >= 0.6 is 12.2 Å². The van der Waals surface area contributed by atoms with E-state index in [1.54, 1.807) is 6.07 Å². The van der Waals surface area contributed by atoms with E-state index in [1.165, 1.54) is 0 Å². The van der Waals surface area contributed by atoms with Crippen LogP contribution in [0.1, 0.15) is 51.7 Å². The van der Waals surface area contributed by atoms with Crippen LogP contribution in [0.3, 0.4) is 0 Å². The Balaban J connectivity index is 3.03. The van der Waals surface area contributed by atoms with Crippen LogP contribution in [0.25, 0.3) is 0 Å². The lowest BCUT2D eigenvalue weighted by Gasteiger charge is -2.32. The van der Waals surface area contributed by atoms with Crippen molar-refractivity contribution in [2.75, 3.05) is 6.54 Å². The number of rotatable bonds is 8. The minimum Gasteiger partial charge on any atom is -0.389 e. The number of halogens is 1. The summed E-state index contributed by atoms with van der Waals surface area (Å²) in [5, 5.41) is 0. The van der Waals surface area contributed by atoms with Gasteiger partial charge in [0.1, 0.15) is 10.8 Å². The van der Waals surface area contributed by atoms with Crippen LogP contribution in [0.4, 0.5) is 4.39 Å². The Hall–Kier alpha value is -1.00. The normalized spacial score (nSPS) is 11.6. The van der Waals surface area contributed by atoms with Gasteiger partial charge < -0.3 is 5.73 Å². The number of benzene rings is 1. The van der Waals surface area contributed by atoms with Crippen LogP contribution in [-0.4, -0.2) is 22.5 Å². The van der Waals surface area contributed by atoms with Gasteiger partial charge in [0.05, 0.1) is 0 Å². The molecule has 0 saturated carbocycles. The molecule has 0 unspecified atom stereocenters. The first-order valence-corrected chi connectivity index (χ1v) is 8.12. The summed E-state index contributed by atoms with van der Waals surface area (Å²) in [5.41, 5.74) is 6.60. The van der Waals surface area contributed by atoms with Crippen LogP contribution in [0.15, 0.2) is 18.2 Å². The SMILES string of the molecule is CCC(CC)N(Cc1cccc(C(N)=S)c1F)CC(C)C. The first kappa shape index (κ1) is 18.1. The van der Waals surface area contributed by atoms with Crippen LogP contribution in [0.2, 0.25) is 0 Å². The summed E-state index contributed by atoms with van der Waals surface area (Å²) in [6.07, 6.45) is 2.14. The minimum atomic E-state index is -0.273. The molecule has 0 amide bonds. The van der Waals surface area contributed by atoms with E-state index in [2.05, 4.69) is 32.6 Å². The van der Waals surface area contributed by atoms with E-state index in [-0.39, 0.29) is 10.8 Å². The highest BCUT2D eigenvalue weighted by atomic mass is 32.1. The first-order chi connectivity index (χ1) is 9.90. The zero-order valence-electron chi connectivity index (χ0n) is 13.5. The van der Waals surface area contributed by atoms with Crippen LogP contribution < -0.4 is 5.73 Å². The van der Waals surface area contributed by atoms with Crippen molar-refractivity contribution in [1.29, 1.82) is 0 Å². The molecule has 1 aromatic carbocycles. The maximum atomic E-state index is 14.5. The van der Waals surface area contributed by atoms with Gasteiger partial charge in [-0.1, -0.05) is 52.0 Å². The predicted octanol–water partition coefficient (Wildman–Crippen LogP) is 4.11. The largest absolute Gasteiger partial charge is 0.389 e. The Morgan fingerprint density at radius 1 is 1.29 bits per heavy atom. The summed E-state index contributed by atoms with van der Waals surface area (Å²) in [4.78, 5) is 2.49. The lowest BCUT2D eigenvalue weighted by Crippen LogP contribution is -2.37. The third-order valence-corrected chi connectivity index (χ3v) is 4.00. The average Bonchev–Trinajstić information content (AvgIpc) is 2.41. The molecule has 0 fully saturated rings. The lowest BCUT2D eigenvalue weighted by atomic mass is 10.0. The summed E-state index contributed by atoms with van der Waals surface area (Å²) in [6.45, 7) is 10.3. The predicted molar refractivity (Wildman–Crippen MR) is 91.9 cm³/mol. The molecular formula is C17H27FN2S. The highest BCUT2D eigenvalue weighted by molar-refractivity contribution is 7.80. The van der Waals surface area contributed by atoms with Gasteiger partial charge in [0.25, 0.3) is 0 Å². The zero-order valence-corrected chi connectivity index (χ0v) is 14.3. The van der Waals surface area contributed by atoms with E-state index in [0.717, 1.165) is 19.4 Å². The van der Waals surface area contributed by atoms with Gasteiger partial charge in [-0.15, -0.1) is 0 Å². The second-order valence-electron chi connectivity index (χ2n) is 5.94. The molecule has 118 valence electrons. The van der Waals surface area contributed by atoms with Crippen LogP contribution in [0, 0.1) is 11.7 Å². The molecule has 0 aromatic heterocycles. The van der Waals surface area contributed by atoms with Gasteiger partial charge in [0.2, 0.25) is 0 Å². The quantitative estimate of drug-likeness (QED) is 0.733. The molecule has 2 N–H and O–H groups in total. The summed E-state index contributed by atoms with van der Waals surface area (Å²) < 4.78 is 14.5. The van der Waals surface area contributed by atoms with Crippen LogP contribution in [-0.2, 0) is 6.54 Å². The molecule has 21 heavy (non-hydrogen) atoms. The van der Waals surface area contributed by atoms with Crippen molar-refractivity contribution in [2.24, 2.45) is 11.7 Å². The Labute approximate surface area is 133 Å². The monoisotopic (exact) mass is 310 g/mol. The van der Waals surface area contributed by atoms with Crippen molar-refractivity contribution in [3.05, 3.63) is 35.1 Å². The van der Waals surface area contributed by atoms with Gasteiger partial charge >= 0.3 is 0 Å².